The van der Waals surface area contributed by atoms with Crippen LogP contribution in [0.25, 0.3) is 0 Å². The highest BCUT2D eigenvalue weighted by Gasteiger charge is 2.24. The van der Waals surface area contributed by atoms with Gasteiger partial charge in [0.15, 0.2) is 5.03 Å². The average Bonchev–Trinajstić information content (AvgIpc) is 2.91. The van der Waals surface area contributed by atoms with Crippen LogP contribution in [0.5, 0.6) is 0 Å². The van der Waals surface area contributed by atoms with E-state index in [1.54, 1.807) is 6.07 Å². The van der Waals surface area contributed by atoms with Crippen LogP contribution in [0.15, 0.2) is 29.4 Å². The topological polar surface area (TPSA) is 89.0 Å². The maximum absolute atomic E-state index is 12.2. The third kappa shape index (κ3) is 3.02. The van der Waals surface area contributed by atoms with E-state index < -0.39 is 15.9 Å². The summed E-state index contributed by atoms with van der Waals surface area (Å²) >= 11 is 1.37. The normalized spacial score (nSPS) is 17.8. The Morgan fingerprint density at radius 2 is 2.27 bits per heavy atom. The molecule has 0 fully saturated rings. The lowest BCUT2D eigenvalue weighted by atomic mass is 9.90. The second kappa shape index (κ2) is 5.77. The van der Waals surface area contributed by atoms with Crippen molar-refractivity contribution in [2.45, 2.75) is 31.2 Å². The summed E-state index contributed by atoms with van der Waals surface area (Å²) in [5, 5.41) is 6.77. The van der Waals surface area contributed by atoms with Crippen LogP contribution in [0.4, 0.5) is 0 Å². The molecule has 3 rings (SSSR count). The molecule has 8 heteroatoms. The molecule has 1 atom stereocenters. The van der Waals surface area contributed by atoms with Crippen molar-refractivity contribution in [2.75, 3.05) is 0 Å². The van der Waals surface area contributed by atoms with E-state index in [9.17, 15) is 13.2 Å². The molecule has 22 heavy (non-hydrogen) atoms. The number of aryl methyl sites for hydroxylation is 1. The second-order valence-electron chi connectivity index (χ2n) is 5.40. The number of fused-ring (bicyclic) bond motifs is 1. The minimum absolute atomic E-state index is 0.265. The van der Waals surface area contributed by atoms with Gasteiger partial charge in [-0.1, -0.05) is 6.92 Å². The molecule has 116 valence electrons. The van der Waals surface area contributed by atoms with Gasteiger partial charge in [-0.3, -0.25) is 4.79 Å². The molecule has 1 N–H and O–H groups in total. The van der Waals surface area contributed by atoms with Crippen molar-refractivity contribution in [2.24, 2.45) is 5.92 Å². The summed E-state index contributed by atoms with van der Waals surface area (Å²) in [7, 11) is -3.99. The predicted molar refractivity (Wildman–Crippen MR) is 82.2 cm³/mol. The van der Waals surface area contributed by atoms with Gasteiger partial charge in [0.05, 0.1) is 4.88 Å². The number of amides is 1. The van der Waals surface area contributed by atoms with E-state index in [4.69, 9.17) is 0 Å². The molecule has 2 aromatic heterocycles. The number of nitrogens with zero attached hydrogens (tertiary/aromatic N) is 2. The summed E-state index contributed by atoms with van der Waals surface area (Å²) in [4.78, 5) is 13.8. The maximum atomic E-state index is 12.2. The molecule has 0 saturated carbocycles. The Bertz CT molecular complexity index is 800. The number of hydrogen-bond donors (Lipinski definition) is 1. The van der Waals surface area contributed by atoms with Crippen LogP contribution < -0.4 is 4.72 Å². The summed E-state index contributed by atoms with van der Waals surface area (Å²) in [6, 6.07) is 4.55. The van der Waals surface area contributed by atoms with Crippen LogP contribution in [-0.2, 0) is 22.9 Å². The van der Waals surface area contributed by atoms with Crippen molar-refractivity contribution in [3.63, 3.8) is 0 Å². The van der Waals surface area contributed by atoms with Crippen LogP contribution in [-0.4, -0.2) is 24.5 Å². The van der Waals surface area contributed by atoms with Crippen molar-refractivity contribution in [1.82, 2.24) is 14.9 Å². The Balaban J connectivity index is 1.81. The van der Waals surface area contributed by atoms with Crippen LogP contribution in [0.3, 0.4) is 0 Å². The van der Waals surface area contributed by atoms with E-state index in [2.05, 4.69) is 21.8 Å². The smallest absolute Gasteiger partial charge is 0.267 e. The maximum Gasteiger partial charge on any atom is 0.283 e. The molecule has 2 aromatic rings. The Morgan fingerprint density at radius 1 is 1.45 bits per heavy atom. The minimum Gasteiger partial charge on any atom is -0.267 e. The van der Waals surface area contributed by atoms with E-state index in [1.807, 2.05) is 0 Å². The zero-order chi connectivity index (χ0) is 15.7. The molecule has 1 aliphatic carbocycles. The second-order valence-corrected chi connectivity index (χ2v) is 8.17. The number of carbonyl (C=O) groups is 1. The molecule has 1 amide bonds. The monoisotopic (exact) mass is 337 g/mol. The number of hydrogen-bond acceptors (Lipinski definition) is 6. The fourth-order valence-corrected chi connectivity index (χ4v) is 4.51. The first-order valence-corrected chi connectivity index (χ1v) is 9.22. The molecular weight excluding hydrogens is 322 g/mol. The lowest BCUT2D eigenvalue weighted by molar-refractivity contribution is 0.0985. The first-order valence-electron chi connectivity index (χ1n) is 6.92. The van der Waals surface area contributed by atoms with Gasteiger partial charge in [-0.15, -0.1) is 16.4 Å². The Hall–Kier alpha value is -1.80. The van der Waals surface area contributed by atoms with Crippen LogP contribution in [0.2, 0.25) is 0 Å². The lowest BCUT2D eigenvalue weighted by Crippen LogP contribution is -2.30. The Kier molecular flexibility index (Phi) is 3.96. The summed E-state index contributed by atoms with van der Waals surface area (Å²) in [5.74, 6) is -0.0148. The number of carbonyl (C=O) groups excluding carboxylic acids is 1. The summed E-state index contributed by atoms with van der Waals surface area (Å²) in [6.07, 6.45) is 4.36. The first-order chi connectivity index (χ1) is 10.5. The molecule has 2 heterocycles. The standard InChI is InChI=1S/C14H15N3O3S2/c1-9-4-5-11-10(7-9)8-12(21-11)14(18)17-22(19,20)13-3-2-6-15-16-13/h2-3,6,8-9H,4-5,7H2,1H3,(H,17,18). The van der Waals surface area contributed by atoms with E-state index >= 15 is 0 Å². The molecule has 1 unspecified atom stereocenters. The Labute approximate surface area is 132 Å². The number of aromatic nitrogens is 2. The molecule has 0 spiro atoms. The van der Waals surface area contributed by atoms with E-state index in [1.165, 1.54) is 34.5 Å². The van der Waals surface area contributed by atoms with Gasteiger partial charge in [0, 0.05) is 11.1 Å². The lowest BCUT2D eigenvalue weighted by Gasteiger charge is -2.16. The highest BCUT2D eigenvalue weighted by Crippen LogP contribution is 2.32. The molecule has 0 aromatic carbocycles. The van der Waals surface area contributed by atoms with Crippen LogP contribution >= 0.6 is 11.3 Å². The number of rotatable bonds is 3. The molecular formula is C14H15N3O3S2. The molecule has 0 bridgehead atoms. The average molecular weight is 337 g/mol. The highest BCUT2D eigenvalue weighted by molar-refractivity contribution is 7.90. The third-order valence-electron chi connectivity index (χ3n) is 3.60. The van der Waals surface area contributed by atoms with Gasteiger partial charge in [-0.2, -0.15) is 13.5 Å². The largest absolute Gasteiger partial charge is 0.283 e. The molecule has 6 nitrogen and oxygen atoms in total. The fraction of sp³-hybridized carbons (Fsp3) is 0.357. The molecule has 0 aliphatic heterocycles. The van der Waals surface area contributed by atoms with Crippen molar-refractivity contribution in [3.05, 3.63) is 39.7 Å². The summed E-state index contributed by atoms with van der Waals surface area (Å²) < 4.78 is 26.2. The SMILES string of the molecule is CC1CCc2sc(C(=O)NS(=O)(=O)c3cccnn3)cc2C1. The van der Waals surface area contributed by atoms with E-state index in [-0.39, 0.29) is 5.03 Å². The number of sulfonamides is 1. The highest BCUT2D eigenvalue weighted by atomic mass is 32.2. The zero-order valence-electron chi connectivity index (χ0n) is 11.9. The zero-order valence-corrected chi connectivity index (χ0v) is 13.6. The third-order valence-corrected chi connectivity index (χ3v) is 6.06. The summed E-state index contributed by atoms with van der Waals surface area (Å²) in [5.41, 5.74) is 1.16. The Morgan fingerprint density at radius 3 is 3.00 bits per heavy atom. The molecule has 0 radical (unpaired) electrons. The van der Waals surface area contributed by atoms with Gasteiger partial charge in [0.2, 0.25) is 0 Å². The molecule has 1 aliphatic rings. The predicted octanol–water partition coefficient (Wildman–Crippen LogP) is 1.78. The van der Waals surface area contributed by atoms with Crippen LogP contribution in [0, 0.1) is 5.92 Å². The fourth-order valence-electron chi connectivity index (χ4n) is 2.47. The van der Waals surface area contributed by atoms with Gasteiger partial charge >= 0.3 is 0 Å². The molecule has 0 saturated heterocycles. The number of nitrogens with one attached hydrogen (secondary N) is 1. The minimum atomic E-state index is -3.99. The van der Waals surface area contributed by atoms with Crippen molar-refractivity contribution < 1.29 is 13.2 Å². The van der Waals surface area contributed by atoms with E-state index in [0.29, 0.717) is 10.8 Å². The first kappa shape index (κ1) is 15.1. The number of thiophene rings is 1. The van der Waals surface area contributed by atoms with Crippen molar-refractivity contribution in [1.29, 1.82) is 0 Å². The van der Waals surface area contributed by atoms with Gasteiger partial charge in [0.1, 0.15) is 0 Å². The quantitative estimate of drug-likeness (QED) is 0.922. The van der Waals surface area contributed by atoms with Gasteiger partial charge in [-0.05, 0) is 48.9 Å². The van der Waals surface area contributed by atoms with Gasteiger partial charge in [-0.25, -0.2) is 4.72 Å². The van der Waals surface area contributed by atoms with Gasteiger partial charge in [0.25, 0.3) is 15.9 Å². The van der Waals surface area contributed by atoms with Crippen molar-refractivity contribution >= 4 is 27.3 Å². The van der Waals surface area contributed by atoms with Crippen LogP contribution in [0.1, 0.15) is 33.5 Å². The van der Waals surface area contributed by atoms with Gasteiger partial charge < -0.3 is 0 Å². The van der Waals surface area contributed by atoms with E-state index in [0.717, 1.165) is 24.8 Å². The summed E-state index contributed by atoms with van der Waals surface area (Å²) in [6.45, 7) is 2.18. The van der Waals surface area contributed by atoms with Crippen molar-refractivity contribution in [3.8, 4) is 0 Å².